The van der Waals surface area contributed by atoms with Gasteiger partial charge in [0.15, 0.2) is 0 Å². The van der Waals surface area contributed by atoms with Gasteiger partial charge in [-0.05, 0) is 50.3 Å². The lowest BCUT2D eigenvalue weighted by Crippen LogP contribution is -2.52. The van der Waals surface area contributed by atoms with Crippen LogP contribution in [0.1, 0.15) is 24.8 Å². The molecule has 0 saturated carbocycles. The molecular weight excluding hydrogens is 394 g/mol. The first kappa shape index (κ1) is 23.2. The summed E-state index contributed by atoms with van der Waals surface area (Å²) >= 11 is 1.59. The molecule has 0 bridgehead atoms. The summed E-state index contributed by atoms with van der Waals surface area (Å²) in [6.45, 7) is 3.07. The number of thioether (sulfide) groups is 1. The standard InChI is InChI=1S/C17H27N3O3S2.ClH/c1-13-3-5-15(6-4-13)25(22,23)19-16(9-12-24-2)17(21)20-10-7-14(18)8-11-20;/h3-6,14,16,19H,7-12,18H2,1-2H3;1H. The summed E-state index contributed by atoms with van der Waals surface area (Å²) in [4.78, 5) is 14.7. The number of benzene rings is 1. The van der Waals surface area contributed by atoms with E-state index in [0.29, 0.717) is 25.3 Å². The Labute approximate surface area is 166 Å². The third-order valence-corrected chi connectivity index (χ3v) is 6.52. The Bertz CT molecular complexity index is 675. The highest BCUT2D eigenvalue weighted by atomic mass is 35.5. The predicted octanol–water partition coefficient (Wildman–Crippen LogP) is 1.77. The number of nitrogens with zero attached hydrogens (tertiary/aromatic N) is 1. The van der Waals surface area contributed by atoms with E-state index in [9.17, 15) is 13.2 Å². The van der Waals surface area contributed by atoms with E-state index in [1.54, 1.807) is 40.9 Å². The molecule has 1 aromatic carbocycles. The molecule has 0 spiro atoms. The summed E-state index contributed by atoms with van der Waals surface area (Å²) in [5.41, 5.74) is 6.88. The van der Waals surface area contributed by atoms with Crippen molar-refractivity contribution < 1.29 is 13.2 Å². The van der Waals surface area contributed by atoms with Crippen LogP contribution >= 0.6 is 24.2 Å². The average Bonchev–Trinajstić information content (AvgIpc) is 2.59. The van der Waals surface area contributed by atoms with Gasteiger partial charge in [-0.3, -0.25) is 4.79 Å². The topological polar surface area (TPSA) is 92.5 Å². The molecule has 1 unspecified atom stereocenters. The van der Waals surface area contributed by atoms with Gasteiger partial charge >= 0.3 is 0 Å². The molecule has 3 N–H and O–H groups in total. The highest BCUT2D eigenvalue weighted by molar-refractivity contribution is 7.98. The van der Waals surface area contributed by atoms with E-state index in [1.165, 1.54) is 0 Å². The number of rotatable bonds is 7. The molecule has 2 rings (SSSR count). The smallest absolute Gasteiger partial charge is 0.241 e. The Kier molecular flexibility index (Phi) is 9.40. The van der Waals surface area contributed by atoms with Crippen LogP contribution in [0.3, 0.4) is 0 Å². The number of sulfonamides is 1. The lowest BCUT2D eigenvalue weighted by Gasteiger charge is -2.33. The van der Waals surface area contributed by atoms with Crippen molar-refractivity contribution in [3.8, 4) is 0 Å². The van der Waals surface area contributed by atoms with Gasteiger partial charge in [0.05, 0.1) is 4.90 Å². The second-order valence-corrected chi connectivity index (χ2v) is 9.13. The molecule has 26 heavy (non-hydrogen) atoms. The van der Waals surface area contributed by atoms with E-state index < -0.39 is 16.1 Å². The average molecular weight is 422 g/mol. The Morgan fingerprint density at radius 1 is 1.31 bits per heavy atom. The van der Waals surface area contributed by atoms with Crippen LogP contribution in [0.2, 0.25) is 0 Å². The molecule has 0 radical (unpaired) electrons. The van der Waals surface area contributed by atoms with E-state index in [4.69, 9.17) is 5.73 Å². The molecular formula is C17H28ClN3O3S2. The fourth-order valence-electron chi connectivity index (χ4n) is 2.78. The molecule has 1 heterocycles. The van der Waals surface area contributed by atoms with Gasteiger partial charge in [0, 0.05) is 19.1 Å². The zero-order valence-electron chi connectivity index (χ0n) is 15.2. The molecule has 6 nitrogen and oxygen atoms in total. The van der Waals surface area contributed by atoms with Crippen molar-refractivity contribution in [1.82, 2.24) is 9.62 Å². The van der Waals surface area contributed by atoms with E-state index >= 15 is 0 Å². The van der Waals surface area contributed by atoms with Crippen LogP contribution in [0.25, 0.3) is 0 Å². The number of nitrogens with one attached hydrogen (secondary N) is 1. The zero-order chi connectivity index (χ0) is 18.4. The number of likely N-dealkylation sites (tertiary alicyclic amines) is 1. The monoisotopic (exact) mass is 421 g/mol. The highest BCUT2D eigenvalue weighted by Gasteiger charge is 2.30. The van der Waals surface area contributed by atoms with Crippen molar-refractivity contribution in [1.29, 1.82) is 0 Å². The molecule has 1 fully saturated rings. The summed E-state index contributed by atoms with van der Waals surface area (Å²) in [5.74, 6) is 0.553. The van der Waals surface area contributed by atoms with Gasteiger partial charge in [-0.15, -0.1) is 12.4 Å². The number of carbonyl (C=O) groups is 1. The van der Waals surface area contributed by atoms with E-state index in [1.807, 2.05) is 13.2 Å². The summed E-state index contributed by atoms with van der Waals surface area (Å²) in [6.07, 6.45) is 3.92. The van der Waals surface area contributed by atoms with Gasteiger partial charge in [-0.1, -0.05) is 17.7 Å². The molecule has 1 aliphatic rings. The number of halogens is 1. The second-order valence-electron chi connectivity index (χ2n) is 6.43. The van der Waals surface area contributed by atoms with Crippen LogP contribution in [-0.2, 0) is 14.8 Å². The minimum atomic E-state index is -3.73. The van der Waals surface area contributed by atoms with Crippen LogP contribution in [0.5, 0.6) is 0 Å². The van der Waals surface area contributed by atoms with Crippen molar-refractivity contribution >= 4 is 40.1 Å². The van der Waals surface area contributed by atoms with Crippen molar-refractivity contribution in [2.75, 3.05) is 25.1 Å². The molecule has 9 heteroatoms. The first-order chi connectivity index (χ1) is 11.8. The van der Waals surface area contributed by atoms with Crippen LogP contribution < -0.4 is 10.5 Å². The van der Waals surface area contributed by atoms with E-state index in [-0.39, 0.29) is 29.3 Å². The normalized spacial score (nSPS) is 16.8. The summed E-state index contributed by atoms with van der Waals surface area (Å²) < 4.78 is 27.9. The van der Waals surface area contributed by atoms with Gasteiger partial charge in [-0.25, -0.2) is 8.42 Å². The fraction of sp³-hybridized carbons (Fsp3) is 0.588. The largest absolute Gasteiger partial charge is 0.341 e. The Balaban J connectivity index is 0.00000338. The number of aryl methyl sites for hydroxylation is 1. The molecule has 148 valence electrons. The highest BCUT2D eigenvalue weighted by Crippen LogP contribution is 2.15. The lowest BCUT2D eigenvalue weighted by molar-refractivity contribution is -0.134. The molecule has 1 saturated heterocycles. The number of hydrogen-bond acceptors (Lipinski definition) is 5. The van der Waals surface area contributed by atoms with Gasteiger partial charge in [-0.2, -0.15) is 16.5 Å². The van der Waals surface area contributed by atoms with E-state index in [2.05, 4.69) is 4.72 Å². The van der Waals surface area contributed by atoms with Gasteiger partial charge in [0.1, 0.15) is 6.04 Å². The molecule has 1 aromatic rings. The van der Waals surface area contributed by atoms with Gasteiger partial charge < -0.3 is 10.6 Å². The van der Waals surface area contributed by atoms with Crippen molar-refractivity contribution in [2.45, 2.75) is 43.2 Å². The number of hydrogen-bond donors (Lipinski definition) is 2. The molecule has 0 aliphatic carbocycles. The lowest BCUT2D eigenvalue weighted by atomic mass is 10.0. The molecule has 1 aliphatic heterocycles. The molecule has 1 atom stereocenters. The Hall–Kier alpha value is -0.800. The van der Waals surface area contributed by atoms with Gasteiger partial charge in [0.25, 0.3) is 0 Å². The maximum absolute atomic E-state index is 12.8. The van der Waals surface area contributed by atoms with Crippen molar-refractivity contribution in [2.24, 2.45) is 5.73 Å². The first-order valence-corrected chi connectivity index (χ1v) is 11.3. The van der Waals surface area contributed by atoms with Crippen LogP contribution in [0.4, 0.5) is 0 Å². The van der Waals surface area contributed by atoms with Crippen molar-refractivity contribution in [3.05, 3.63) is 29.8 Å². The third-order valence-electron chi connectivity index (χ3n) is 4.39. The number of nitrogens with two attached hydrogens (primary N) is 1. The molecule has 1 amide bonds. The summed E-state index contributed by atoms with van der Waals surface area (Å²) in [5, 5.41) is 0. The zero-order valence-corrected chi connectivity index (χ0v) is 17.6. The van der Waals surface area contributed by atoms with Crippen molar-refractivity contribution in [3.63, 3.8) is 0 Å². The number of carbonyl (C=O) groups excluding carboxylic acids is 1. The van der Waals surface area contributed by atoms with Crippen LogP contribution in [0.15, 0.2) is 29.2 Å². The summed E-state index contributed by atoms with van der Waals surface area (Å²) in [7, 11) is -3.73. The fourth-order valence-corrected chi connectivity index (χ4v) is 4.48. The number of amides is 1. The molecule has 0 aromatic heterocycles. The Morgan fingerprint density at radius 3 is 2.42 bits per heavy atom. The van der Waals surface area contributed by atoms with Crippen LogP contribution in [0, 0.1) is 6.92 Å². The van der Waals surface area contributed by atoms with Crippen LogP contribution in [-0.4, -0.2) is 56.4 Å². The number of piperidine rings is 1. The second kappa shape index (κ2) is 10.5. The van der Waals surface area contributed by atoms with E-state index in [0.717, 1.165) is 18.4 Å². The first-order valence-electron chi connectivity index (χ1n) is 8.46. The van der Waals surface area contributed by atoms with Gasteiger partial charge in [0.2, 0.25) is 15.9 Å². The minimum absolute atomic E-state index is 0. The quantitative estimate of drug-likeness (QED) is 0.699. The predicted molar refractivity (Wildman–Crippen MR) is 109 cm³/mol. The third kappa shape index (κ3) is 6.42. The minimum Gasteiger partial charge on any atom is -0.341 e. The summed E-state index contributed by atoms with van der Waals surface area (Å²) in [6, 6.07) is 6.01. The maximum atomic E-state index is 12.8. The Morgan fingerprint density at radius 2 is 1.88 bits per heavy atom. The maximum Gasteiger partial charge on any atom is 0.241 e. The SMILES string of the molecule is CSCCC(NS(=O)(=O)c1ccc(C)cc1)C(=O)N1CCC(N)CC1.Cl.